The highest BCUT2D eigenvalue weighted by Crippen LogP contribution is 2.44. The van der Waals surface area contributed by atoms with E-state index < -0.39 is 0 Å². The van der Waals surface area contributed by atoms with Gasteiger partial charge in [0.05, 0.1) is 6.54 Å². The van der Waals surface area contributed by atoms with Crippen LogP contribution in [0.1, 0.15) is 38.5 Å². The molecule has 2 aliphatic rings. The molecule has 20 heavy (non-hydrogen) atoms. The minimum Gasteiger partial charge on any atom is -0.353 e. The molecule has 2 saturated carbocycles. The Bertz CT molecular complexity index is 361. The largest absolute Gasteiger partial charge is 0.353 e. The molecule has 2 N–H and O–H groups in total. The molecule has 0 spiro atoms. The van der Waals surface area contributed by atoms with Crippen molar-refractivity contribution in [2.75, 3.05) is 27.7 Å². The quantitative estimate of drug-likeness (QED) is 0.601. The summed E-state index contributed by atoms with van der Waals surface area (Å²) in [5.74, 6) is 2.54. The number of hydrogen-bond donors (Lipinski definition) is 2. The number of nitrogens with one attached hydrogen (secondary N) is 2. The summed E-state index contributed by atoms with van der Waals surface area (Å²) in [6, 6.07) is 0.554. The molecule has 5 heteroatoms. The number of aliphatic imine (C=N–C) groups is 1. The third kappa shape index (κ3) is 4.12. The highest BCUT2D eigenvalue weighted by Gasteiger charge is 2.43. The van der Waals surface area contributed by atoms with E-state index in [0.717, 1.165) is 17.8 Å². The van der Waals surface area contributed by atoms with Crippen molar-refractivity contribution in [1.82, 2.24) is 15.5 Å². The molecule has 5 nitrogen and oxygen atoms in total. The second kappa shape index (κ2) is 6.95. The van der Waals surface area contributed by atoms with Crippen LogP contribution in [0.5, 0.6) is 0 Å². The van der Waals surface area contributed by atoms with Gasteiger partial charge in [0.15, 0.2) is 5.96 Å². The smallest absolute Gasteiger partial charge is 0.241 e. The lowest BCUT2D eigenvalue weighted by Crippen LogP contribution is -2.44. The molecule has 2 aliphatic carbocycles. The van der Waals surface area contributed by atoms with E-state index >= 15 is 0 Å². The number of carbonyl (C=O) groups is 1. The first-order valence-corrected chi connectivity index (χ1v) is 7.79. The summed E-state index contributed by atoms with van der Waals surface area (Å²) in [5, 5.41) is 6.54. The Morgan fingerprint density at radius 1 is 1.25 bits per heavy atom. The van der Waals surface area contributed by atoms with E-state index in [4.69, 9.17) is 0 Å². The van der Waals surface area contributed by atoms with Crippen LogP contribution in [0.15, 0.2) is 4.99 Å². The average molecular weight is 280 g/mol. The van der Waals surface area contributed by atoms with Gasteiger partial charge in [-0.3, -0.25) is 9.79 Å². The number of likely N-dealkylation sites (N-methyl/N-ethyl adjacent to an activating group) is 1. The fourth-order valence-corrected chi connectivity index (χ4v) is 3.15. The van der Waals surface area contributed by atoms with Crippen molar-refractivity contribution in [3.05, 3.63) is 0 Å². The van der Waals surface area contributed by atoms with Gasteiger partial charge < -0.3 is 15.5 Å². The van der Waals surface area contributed by atoms with Crippen LogP contribution in [0.4, 0.5) is 0 Å². The minimum atomic E-state index is 0.0626. The van der Waals surface area contributed by atoms with Crippen LogP contribution in [0.3, 0.4) is 0 Å². The zero-order valence-electron chi connectivity index (χ0n) is 13.0. The fraction of sp³-hybridized carbons (Fsp3) is 0.867. The summed E-state index contributed by atoms with van der Waals surface area (Å²) in [4.78, 5) is 17.3. The number of rotatable bonds is 4. The molecule has 0 aromatic rings. The first kappa shape index (κ1) is 15.1. The zero-order chi connectivity index (χ0) is 14.5. The summed E-state index contributed by atoms with van der Waals surface area (Å²) < 4.78 is 0. The van der Waals surface area contributed by atoms with Crippen LogP contribution in [0.25, 0.3) is 0 Å². The zero-order valence-corrected chi connectivity index (χ0v) is 13.0. The molecule has 2 fully saturated rings. The fourth-order valence-electron chi connectivity index (χ4n) is 3.15. The minimum absolute atomic E-state index is 0.0626. The molecule has 0 bridgehead atoms. The van der Waals surface area contributed by atoms with Gasteiger partial charge in [0, 0.05) is 27.2 Å². The third-order valence-electron chi connectivity index (χ3n) is 4.55. The Hall–Kier alpha value is -1.26. The first-order valence-electron chi connectivity index (χ1n) is 7.79. The summed E-state index contributed by atoms with van der Waals surface area (Å²) in [6.07, 6.45) is 8.27. The van der Waals surface area contributed by atoms with Crippen molar-refractivity contribution in [1.29, 1.82) is 0 Å². The van der Waals surface area contributed by atoms with Crippen LogP contribution < -0.4 is 10.6 Å². The number of hydrogen-bond acceptors (Lipinski definition) is 2. The van der Waals surface area contributed by atoms with Crippen molar-refractivity contribution >= 4 is 11.9 Å². The van der Waals surface area contributed by atoms with Crippen molar-refractivity contribution in [2.24, 2.45) is 16.8 Å². The van der Waals surface area contributed by atoms with Gasteiger partial charge in [-0.1, -0.05) is 32.1 Å². The van der Waals surface area contributed by atoms with Crippen LogP contribution in [-0.4, -0.2) is 50.5 Å². The predicted octanol–water partition coefficient (Wildman–Crippen LogP) is 1.21. The van der Waals surface area contributed by atoms with Crippen LogP contribution in [-0.2, 0) is 4.79 Å². The van der Waals surface area contributed by atoms with Crippen molar-refractivity contribution in [3.63, 3.8) is 0 Å². The normalized spacial score (nSPS) is 27.1. The topological polar surface area (TPSA) is 56.7 Å². The molecular formula is C15H28N4O. The molecule has 0 saturated heterocycles. The van der Waals surface area contributed by atoms with Crippen LogP contribution >= 0.6 is 0 Å². The van der Waals surface area contributed by atoms with E-state index in [9.17, 15) is 4.79 Å². The Morgan fingerprint density at radius 3 is 2.55 bits per heavy atom. The van der Waals surface area contributed by atoms with Crippen molar-refractivity contribution in [2.45, 2.75) is 44.6 Å². The molecule has 0 radical (unpaired) electrons. The summed E-state index contributed by atoms with van der Waals surface area (Å²) in [6.45, 7) is 0.299. The van der Waals surface area contributed by atoms with Gasteiger partial charge in [-0.2, -0.15) is 0 Å². The summed E-state index contributed by atoms with van der Waals surface area (Å²) in [7, 11) is 5.29. The first-order chi connectivity index (χ1) is 9.61. The van der Waals surface area contributed by atoms with Crippen molar-refractivity contribution in [3.8, 4) is 0 Å². The standard InChI is InChI=1S/C15H28N4O/c1-16-15(17-10-14(20)19(2)3)18-13-9-12(13)11-7-5-4-6-8-11/h11-13H,4-10H2,1-3H3,(H2,16,17,18). The lowest BCUT2D eigenvalue weighted by Gasteiger charge is -2.22. The molecule has 0 heterocycles. The van der Waals surface area contributed by atoms with E-state index in [1.807, 2.05) is 0 Å². The lowest BCUT2D eigenvalue weighted by atomic mass is 9.85. The number of guanidine groups is 1. The van der Waals surface area contributed by atoms with E-state index in [0.29, 0.717) is 12.6 Å². The average Bonchev–Trinajstić information content (AvgIpc) is 3.23. The highest BCUT2D eigenvalue weighted by atomic mass is 16.2. The van der Waals surface area contributed by atoms with Crippen molar-refractivity contribution < 1.29 is 4.79 Å². The molecule has 2 unspecified atom stereocenters. The summed E-state index contributed by atoms with van der Waals surface area (Å²) in [5.41, 5.74) is 0. The Labute approximate surface area is 122 Å². The van der Waals surface area contributed by atoms with Crippen LogP contribution in [0.2, 0.25) is 0 Å². The number of nitrogens with zero attached hydrogens (tertiary/aromatic N) is 2. The second-order valence-electron chi connectivity index (χ2n) is 6.26. The number of carbonyl (C=O) groups excluding carboxylic acids is 1. The molecule has 2 rings (SSSR count). The van der Waals surface area contributed by atoms with E-state index in [1.165, 1.54) is 38.5 Å². The summed E-state index contributed by atoms with van der Waals surface area (Å²) >= 11 is 0. The molecule has 2 atom stereocenters. The SMILES string of the molecule is CN=C(NCC(=O)N(C)C)NC1CC1C1CCCCC1. The van der Waals surface area contributed by atoms with Gasteiger partial charge in [0.1, 0.15) is 0 Å². The molecule has 0 aliphatic heterocycles. The molecular weight excluding hydrogens is 252 g/mol. The van der Waals surface area contributed by atoms with E-state index in [2.05, 4.69) is 15.6 Å². The third-order valence-corrected chi connectivity index (χ3v) is 4.55. The van der Waals surface area contributed by atoms with Gasteiger partial charge in [-0.15, -0.1) is 0 Å². The van der Waals surface area contributed by atoms with Gasteiger partial charge >= 0.3 is 0 Å². The Balaban J connectivity index is 1.71. The molecule has 1 amide bonds. The Kier molecular flexibility index (Phi) is 5.26. The van der Waals surface area contributed by atoms with Gasteiger partial charge in [-0.05, 0) is 18.3 Å². The predicted molar refractivity (Wildman–Crippen MR) is 81.7 cm³/mol. The Morgan fingerprint density at radius 2 is 1.95 bits per heavy atom. The maximum absolute atomic E-state index is 11.6. The highest BCUT2D eigenvalue weighted by molar-refractivity contribution is 5.86. The second-order valence-corrected chi connectivity index (χ2v) is 6.26. The molecule has 114 valence electrons. The molecule has 0 aromatic carbocycles. The van der Waals surface area contributed by atoms with E-state index in [-0.39, 0.29) is 5.91 Å². The van der Waals surface area contributed by atoms with Gasteiger partial charge in [0.2, 0.25) is 5.91 Å². The van der Waals surface area contributed by atoms with Gasteiger partial charge in [0.25, 0.3) is 0 Å². The molecule has 0 aromatic heterocycles. The van der Waals surface area contributed by atoms with Crippen LogP contribution in [0, 0.1) is 11.8 Å². The van der Waals surface area contributed by atoms with Gasteiger partial charge in [-0.25, -0.2) is 0 Å². The monoisotopic (exact) mass is 280 g/mol. The lowest BCUT2D eigenvalue weighted by molar-refractivity contribution is -0.127. The number of amides is 1. The maximum atomic E-state index is 11.6. The van der Waals surface area contributed by atoms with E-state index in [1.54, 1.807) is 26.0 Å². The maximum Gasteiger partial charge on any atom is 0.241 e.